The van der Waals surface area contributed by atoms with Gasteiger partial charge in [-0.05, 0) is 25.1 Å². The van der Waals surface area contributed by atoms with Gasteiger partial charge in [0.05, 0.1) is 22.2 Å². The first-order valence-corrected chi connectivity index (χ1v) is 8.04. The van der Waals surface area contributed by atoms with Crippen molar-refractivity contribution in [2.24, 2.45) is 0 Å². The molecule has 1 heterocycles. The maximum absolute atomic E-state index is 12.0. The zero-order chi connectivity index (χ0) is 14.9. The van der Waals surface area contributed by atoms with Crippen molar-refractivity contribution in [2.45, 2.75) is 6.92 Å². The third kappa shape index (κ3) is 2.92. The number of aromatic nitrogens is 1. The van der Waals surface area contributed by atoms with E-state index in [1.165, 1.54) is 6.07 Å². The minimum absolute atomic E-state index is 0.00672. The molecule has 5 nitrogen and oxygen atoms in total. The molecule has 1 atom stereocenters. The Bertz CT molecular complexity index is 707. The fourth-order valence-corrected chi connectivity index (χ4v) is 2.87. The summed E-state index contributed by atoms with van der Waals surface area (Å²) in [5, 5.41) is 1.25. The summed E-state index contributed by atoms with van der Waals surface area (Å²) in [7, 11) is -2.84. The molecule has 0 amide bonds. The first-order valence-electron chi connectivity index (χ1n) is 5.70. The molecule has 0 aliphatic heterocycles. The molecule has 0 saturated carbocycles. The van der Waals surface area contributed by atoms with Gasteiger partial charge < -0.3 is 14.2 Å². The lowest BCUT2D eigenvalue weighted by atomic mass is 10.2. The standard InChI is InChI=1S/C12H12Cl2NO4P/c1-3-19-12-11(20(16,17)18-2)5-7-4-8(13)9(14)6-10(7)15-12/h4-6H,3H2,1-2H3,(H,16,17). The van der Waals surface area contributed by atoms with E-state index in [1.54, 1.807) is 19.1 Å². The van der Waals surface area contributed by atoms with Crippen molar-refractivity contribution < 1.29 is 18.7 Å². The maximum Gasteiger partial charge on any atom is 0.363 e. The summed E-state index contributed by atoms with van der Waals surface area (Å²) in [5.74, 6) is 0.0473. The molecule has 1 aromatic heterocycles. The fraction of sp³-hybridized carbons (Fsp3) is 0.250. The SMILES string of the molecule is CCOc1nc2cc(Cl)c(Cl)cc2cc1P(=O)(O)OC. The van der Waals surface area contributed by atoms with Gasteiger partial charge in [0.15, 0.2) is 0 Å². The number of nitrogens with zero attached hydrogens (tertiary/aromatic N) is 1. The molecule has 1 aromatic carbocycles. The Kier molecular flexibility index (Phi) is 4.57. The lowest BCUT2D eigenvalue weighted by molar-refractivity contribution is 0.315. The fourth-order valence-electron chi connectivity index (χ4n) is 1.68. The number of hydrogen-bond acceptors (Lipinski definition) is 4. The molecular formula is C12H12Cl2NO4P. The van der Waals surface area contributed by atoms with Gasteiger partial charge >= 0.3 is 7.60 Å². The van der Waals surface area contributed by atoms with Crippen LogP contribution in [0.25, 0.3) is 10.9 Å². The highest BCUT2D eigenvalue weighted by Gasteiger charge is 2.27. The van der Waals surface area contributed by atoms with E-state index in [0.717, 1.165) is 7.11 Å². The van der Waals surface area contributed by atoms with Crippen LogP contribution in [-0.2, 0) is 9.09 Å². The highest BCUT2D eigenvalue weighted by atomic mass is 35.5. The smallest absolute Gasteiger partial charge is 0.363 e. The molecule has 20 heavy (non-hydrogen) atoms. The van der Waals surface area contributed by atoms with E-state index in [0.29, 0.717) is 27.6 Å². The van der Waals surface area contributed by atoms with Crippen LogP contribution in [0.15, 0.2) is 18.2 Å². The zero-order valence-corrected chi connectivity index (χ0v) is 13.2. The van der Waals surface area contributed by atoms with E-state index >= 15 is 0 Å². The number of ether oxygens (including phenoxy) is 1. The summed E-state index contributed by atoms with van der Waals surface area (Å²) in [6, 6.07) is 4.61. The summed E-state index contributed by atoms with van der Waals surface area (Å²) in [4.78, 5) is 14.0. The van der Waals surface area contributed by atoms with Crippen molar-refractivity contribution in [2.75, 3.05) is 13.7 Å². The van der Waals surface area contributed by atoms with Crippen molar-refractivity contribution >= 4 is 47.0 Å². The van der Waals surface area contributed by atoms with Crippen molar-refractivity contribution in [3.05, 3.63) is 28.2 Å². The van der Waals surface area contributed by atoms with Crippen molar-refractivity contribution in [1.82, 2.24) is 4.98 Å². The zero-order valence-electron chi connectivity index (χ0n) is 10.8. The molecule has 0 spiro atoms. The third-order valence-corrected chi connectivity index (χ3v) is 4.78. The second-order valence-electron chi connectivity index (χ2n) is 3.91. The monoisotopic (exact) mass is 335 g/mol. The van der Waals surface area contributed by atoms with Gasteiger partial charge in [0.1, 0.15) is 5.30 Å². The second kappa shape index (κ2) is 5.88. The largest absolute Gasteiger partial charge is 0.477 e. The van der Waals surface area contributed by atoms with Crippen LogP contribution in [-0.4, -0.2) is 23.6 Å². The van der Waals surface area contributed by atoms with Gasteiger partial charge in [-0.25, -0.2) is 4.98 Å². The Labute approximate surface area is 126 Å². The molecule has 0 aliphatic carbocycles. The molecule has 108 valence electrons. The van der Waals surface area contributed by atoms with Gasteiger partial charge in [0.2, 0.25) is 5.88 Å². The topological polar surface area (TPSA) is 68.7 Å². The highest BCUT2D eigenvalue weighted by molar-refractivity contribution is 7.61. The molecule has 0 aliphatic rings. The number of rotatable bonds is 4. The van der Waals surface area contributed by atoms with Gasteiger partial charge in [0, 0.05) is 12.5 Å². The van der Waals surface area contributed by atoms with Crippen LogP contribution < -0.4 is 10.0 Å². The third-order valence-electron chi connectivity index (χ3n) is 2.64. The first kappa shape index (κ1) is 15.5. The molecule has 0 radical (unpaired) electrons. The number of fused-ring (bicyclic) bond motifs is 1. The Morgan fingerprint density at radius 3 is 2.55 bits per heavy atom. The van der Waals surface area contributed by atoms with E-state index in [9.17, 15) is 9.46 Å². The Balaban J connectivity index is 2.75. The van der Waals surface area contributed by atoms with E-state index in [2.05, 4.69) is 9.51 Å². The summed E-state index contributed by atoms with van der Waals surface area (Å²) in [6.45, 7) is 2.05. The molecule has 0 fully saturated rings. The van der Waals surface area contributed by atoms with Gasteiger partial charge in [-0.3, -0.25) is 4.57 Å². The van der Waals surface area contributed by atoms with Crippen LogP contribution in [0.3, 0.4) is 0 Å². The molecule has 0 bridgehead atoms. The van der Waals surface area contributed by atoms with Crippen LogP contribution in [0.4, 0.5) is 0 Å². The van der Waals surface area contributed by atoms with Crippen molar-refractivity contribution in [1.29, 1.82) is 0 Å². The molecule has 1 N–H and O–H groups in total. The summed E-state index contributed by atoms with van der Waals surface area (Å²) < 4.78 is 22.0. The van der Waals surface area contributed by atoms with Crippen LogP contribution in [0.5, 0.6) is 5.88 Å². The summed E-state index contributed by atoms with van der Waals surface area (Å²) in [5.41, 5.74) is 0.516. The Hall–Kier alpha value is -0.840. The Morgan fingerprint density at radius 2 is 1.95 bits per heavy atom. The summed E-state index contributed by atoms with van der Waals surface area (Å²) >= 11 is 11.9. The van der Waals surface area contributed by atoms with E-state index in [4.69, 9.17) is 27.9 Å². The van der Waals surface area contributed by atoms with Crippen LogP contribution >= 0.6 is 30.8 Å². The molecule has 0 saturated heterocycles. The average molecular weight is 336 g/mol. The summed E-state index contributed by atoms with van der Waals surface area (Å²) in [6.07, 6.45) is 0. The molecule has 2 rings (SSSR count). The highest BCUT2D eigenvalue weighted by Crippen LogP contribution is 2.43. The van der Waals surface area contributed by atoms with Gasteiger partial charge in [-0.2, -0.15) is 0 Å². The lowest BCUT2D eigenvalue weighted by Crippen LogP contribution is -2.13. The second-order valence-corrected chi connectivity index (χ2v) is 6.61. The lowest BCUT2D eigenvalue weighted by Gasteiger charge is -2.14. The quantitative estimate of drug-likeness (QED) is 0.867. The Morgan fingerprint density at radius 1 is 1.30 bits per heavy atom. The molecule has 8 heteroatoms. The normalized spacial score (nSPS) is 14.2. The average Bonchev–Trinajstić information content (AvgIpc) is 2.40. The number of halogens is 2. The first-order chi connectivity index (χ1) is 9.39. The van der Waals surface area contributed by atoms with Gasteiger partial charge in [-0.15, -0.1) is 0 Å². The minimum Gasteiger partial charge on any atom is -0.477 e. The van der Waals surface area contributed by atoms with Crippen LogP contribution in [0.1, 0.15) is 6.92 Å². The number of benzene rings is 1. The van der Waals surface area contributed by atoms with Crippen molar-refractivity contribution in [3.63, 3.8) is 0 Å². The van der Waals surface area contributed by atoms with E-state index in [-0.39, 0.29) is 11.2 Å². The maximum atomic E-state index is 12.0. The van der Waals surface area contributed by atoms with Gasteiger partial charge in [-0.1, -0.05) is 23.2 Å². The van der Waals surface area contributed by atoms with E-state index in [1.807, 2.05) is 0 Å². The van der Waals surface area contributed by atoms with Gasteiger partial charge in [0.25, 0.3) is 0 Å². The van der Waals surface area contributed by atoms with Crippen molar-refractivity contribution in [3.8, 4) is 5.88 Å². The molecule has 1 unspecified atom stereocenters. The number of pyridine rings is 1. The van der Waals surface area contributed by atoms with Crippen LogP contribution in [0, 0.1) is 0 Å². The molecular weight excluding hydrogens is 324 g/mol. The minimum atomic E-state index is -3.99. The van der Waals surface area contributed by atoms with Crippen LogP contribution in [0.2, 0.25) is 10.0 Å². The predicted octanol–water partition coefficient (Wildman–Crippen LogP) is 3.40. The predicted molar refractivity (Wildman–Crippen MR) is 79.4 cm³/mol. The number of hydrogen-bond donors (Lipinski definition) is 1. The molecule has 2 aromatic rings. The van der Waals surface area contributed by atoms with E-state index < -0.39 is 7.60 Å².